The maximum absolute atomic E-state index is 13.7. The van der Waals surface area contributed by atoms with E-state index in [1.165, 1.54) is 12.8 Å². The van der Waals surface area contributed by atoms with Crippen molar-refractivity contribution in [3.8, 4) is 11.5 Å². The van der Waals surface area contributed by atoms with E-state index in [1.807, 2.05) is 41.3 Å². The Bertz CT molecular complexity index is 973. The molecule has 2 saturated carbocycles. The van der Waals surface area contributed by atoms with Gasteiger partial charge in [-0.3, -0.25) is 4.79 Å². The van der Waals surface area contributed by atoms with E-state index in [1.54, 1.807) is 7.11 Å². The summed E-state index contributed by atoms with van der Waals surface area (Å²) in [4.78, 5) is 15.6. The quantitative estimate of drug-likeness (QED) is 0.675. The number of ether oxygens (including phenoxy) is 2. The molecule has 0 bridgehead atoms. The minimum atomic E-state index is -0.420. The van der Waals surface area contributed by atoms with Crippen LogP contribution in [0.4, 0.5) is 11.4 Å². The lowest BCUT2D eigenvalue weighted by molar-refractivity contribution is -0.126. The number of carbonyl (C=O) groups excluding carboxylic acids is 1. The number of methoxy groups -OCH3 is 1. The van der Waals surface area contributed by atoms with Crippen molar-refractivity contribution < 1.29 is 14.3 Å². The topological polar surface area (TPSA) is 64.8 Å². The molecule has 0 atom stereocenters. The number of amides is 1. The Morgan fingerprint density at radius 2 is 1.81 bits per heavy atom. The molecule has 0 aromatic heterocycles. The fraction of sp³-hybridized carbons (Fsp3) is 0.500. The number of hydrogen-bond acceptors (Lipinski definition) is 4. The summed E-state index contributed by atoms with van der Waals surface area (Å²) >= 11 is 0. The molecule has 0 saturated heterocycles. The van der Waals surface area contributed by atoms with Crippen LogP contribution in [0.1, 0.15) is 63.0 Å². The van der Waals surface area contributed by atoms with Crippen molar-refractivity contribution in [2.24, 2.45) is 5.92 Å². The standard InChI is InChI=1S/C26H32N2O3/c1-17-4-8-21(9-5-17)31-23-15-19(27)14-22-24(23)28(25(29)26(22)12-3-13-26)16-18-6-10-20(30-2)11-7-18/h6-7,10-11,14-15,17,21H,3-5,8-9,12-13,16,27H2,1-2H3. The molecule has 1 amide bonds. The summed E-state index contributed by atoms with van der Waals surface area (Å²) in [6, 6.07) is 11.9. The number of anilines is 2. The van der Waals surface area contributed by atoms with Crippen molar-refractivity contribution in [1.29, 1.82) is 0 Å². The molecule has 5 heteroatoms. The molecule has 0 radical (unpaired) electrons. The first kappa shape index (κ1) is 20.2. The second-order valence-corrected chi connectivity index (χ2v) is 9.59. The van der Waals surface area contributed by atoms with Gasteiger partial charge >= 0.3 is 0 Å². The largest absolute Gasteiger partial charge is 0.497 e. The van der Waals surface area contributed by atoms with Gasteiger partial charge in [0.1, 0.15) is 11.5 Å². The van der Waals surface area contributed by atoms with Gasteiger partial charge in [-0.25, -0.2) is 0 Å². The summed E-state index contributed by atoms with van der Waals surface area (Å²) in [5.41, 5.74) is 9.65. The summed E-state index contributed by atoms with van der Waals surface area (Å²) in [5, 5.41) is 0. The highest BCUT2D eigenvalue weighted by molar-refractivity contribution is 6.10. The molecule has 2 aromatic carbocycles. The van der Waals surface area contributed by atoms with E-state index in [0.29, 0.717) is 12.2 Å². The zero-order valence-corrected chi connectivity index (χ0v) is 18.5. The van der Waals surface area contributed by atoms with Crippen LogP contribution in [0.25, 0.3) is 0 Å². The van der Waals surface area contributed by atoms with Gasteiger partial charge in [-0.2, -0.15) is 0 Å². The smallest absolute Gasteiger partial charge is 0.238 e. The summed E-state index contributed by atoms with van der Waals surface area (Å²) < 4.78 is 11.8. The minimum absolute atomic E-state index is 0.192. The van der Waals surface area contributed by atoms with Crippen LogP contribution in [0.2, 0.25) is 0 Å². The van der Waals surface area contributed by atoms with Crippen LogP contribution in [0.15, 0.2) is 36.4 Å². The Morgan fingerprint density at radius 1 is 1.10 bits per heavy atom. The summed E-state index contributed by atoms with van der Waals surface area (Å²) in [6.07, 6.45) is 7.54. The van der Waals surface area contributed by atoms with Crippen LogP contribution in [-0.4, -0.2) is 19.1 Å². The van der Waals surface area contributed by atoms with Crippen molar-refractivity contribution in [2.75, 3.05) is 17.7 Å². The minimum Gasteiger partial charge on any atom is -0.497 e. The predicted molar refractivity (Wildman–Crippen MR) is 123 cm³/mol. The van der Waals surface area contributed by atoms with E-state index in [4.69, 9.17) is 15.2 Å². The molecule has 1 aliphatic heterocycles. The highest BCUT2D eigenvalue weighted by Gasteiger charge is 2.55. The number of nitrogens with two attached hydrogens (primary N) is 1. The lowest BCUT2D eigenvalue weighted by Gasteiger charge is -2.37. The maximum Gasteiger partial charge on any atom is 0.238 e. The average molecular weight is 421 g/mol. The molecule has 1 spiro atoms. The van der Waals surface area contributed by atoms with E-state index in [0.717, 1.165) is 66.3 Å². The molecule has 2 aromatic rings. The van der Waals surface area contributed by atoms with E-state index in [-0.39, 0.29) is 12.0 Å². The zero-order valence-electron chi connectivity index (χ0n) is 18.5. The van der Waals surface area contributed by atoms with Gasteiger partial charge in [-0.15, -0.1) is 0 Å². The van der Waals surface area contributed by atoms with Gasteiger partial charge in [0.2, 0.25) is 5.91 Å². The van der Waals surface area contributed by atoms with Crippen LogP contribution in [0.5, 0.6) is 11.5 Å². The number of rotatable bonds is 5. The van der Waals surface area contributed by atoms with E-state index >= 15 is 0 Å². The van der Waals surface area contributed by atoms with E-state index < -0.39 is 5.41 Å². The lowest BCUT2D eigenvalue weighted by atomic mass is 9.65. The van der Waals surface area contributed by atoms with Gasteiger partial charge in [0.05, 0.1) is 30.9 Å². The first-order valence-corrected chi connectivity index (χ1v) is 11.6. The predicted octanol–water partition coefficient (Wildman–Crippen LogP) is 5.20. The molecular formula is C26H32N2O3. The fourth-order valence-corrected chi connectivity index (χ4v) is 5.44. The number of fused-ring (bicyclic) bond motifs is 2. The van der Waals surface area contributed by atoms with Crippen molar-refractivity contribution in [2.45, 2.75) is 69.9 Å². The maximum atomic E-state index is 13.7. The normalized spacial score (nSPS) is 24.1. The van der Waals surface area contributed by atoms with Crippen molar-refractivity contribution >= 4 is 17.3 Å². The Balaban J connectivity index is 1.51. The van der Waals surface area contributed by atoms with Crippen LogP contribution < -0.4 is 20.1 Å². The first-order chi connectivity index (χ1) is 15.0. The van der Waals surface area contributed by atoms with Gasteiger partial charge in [0.25, 0.3) is 0 Å². The Morgan fingerprint density at radius 3 is 2.42 bits per heavy atom. The Labute approximate surface area is 184 Å². The summed E-state index contributed by atoms with van der Waals surface area (Å²) in [6.45, 7) is 2.84. The molecule has 164 valence electrons. The first-order valence-electron chi connectivity index (χ1n) is 11.6. The number of carbonyl (C=O) groups is 1. The van der Waals surface area contributed by atoms with Gasteiger partial charge in [0.15, 0.2) is 0 Å². The van der Waals surface area contributed by atoms with Crippen LogP contribution in [0, 0.1) is 5.92 Å². The molecule has 2 N–H and O–H groups in total. The Hall–Kier alpha value is -2.69. The molecule has 2 aliphatic carbocycles. The Kier molecular flexibility index (Phi) is 5.07. The molecule has 3 aliphatic rings. The molecule has 5 rings (SSSR count). The van der Waals surface area contributed by atoms with Gasteiger partial charge in [-0.1, -0.05) is 25.5 Å². The number of nitrogen functional groups attached to an aromatic ring is 1. The summed E-state index contributed by atoms with van der Waals surface area (Å²) in [7, 11) is 1.66. The highest BCUT2D eigenvalue weighted by Crippen LogP contribution is 2.57. The third-order valence-electron chi connectivity index (χ3n) is 7.50. The second kappa shape index (κ2) is 7.77. The van der Waals surface area contributed by atoms with E-state index in [2.05, 4.69) is 6.92 Å². The van der Waals surface area contributed by atoms with Crippen LogP contribution in [-0.2, 0) is 16.8 Å². The van der Waals surface area contributed by atoms with Crippen molar-refractivity contribution in [1.82, 2.24) is 0 Å². The third-order valence-corrected chi connectivity index (χ3v) is 7.50. The lowest BCUT2D eigenvalue weighted by Crippen LogP contribution is -2.44. The number of benzene rings is 2. The number of nitrogens with zero attached hydrogens (tertiary/aromatic N) is 1. The molecule has 0 unspecified atom stereocenters. The molecular weight excluding hydrogens is 388 g/mol. The SMILES string of the molecule is COc1ccc(CN2C(=O)C3(CCC3)c3cc(N)cc(OC4CCC(C)CC4)c32)cc1. The molecule has 1 heterocycles. The van der Waals surface area contributed by atoms with E-state index in [9.17, 15) is 4.79 Å². The van der Waals surface area contributed by atoms with Gasteiger partial charge in [0, 0.05) is 11.8 Å². The average Bonchev–Trinajstić information content (AvgIpc) is 2.98. The number of hydrogen-bond donors (Lipinski definition) is 1. The monoisotopic (exact) mass is 420 g/mol. The van der Waals surface area contributed by atoms with Crippen LogP contribution in [0.3, 0.4) is 0 Å². The highest BCUT2D eigenvalue weighted by atomic mass is 16.5. The molecule has 5 nitrogen and oxygen atoms in total. The van der Waals surface area contributed by atoms with Crippen LogP contribution >= 0.6 is 0 Å². The van der Waals surface area contributed by atoms with Crippen molar-refractivity contribution in [3.05, 3.63) is 47.5 Å². The fourth-order valence-electron chi connectivity index (χ4n) is 5.44. The second-order valence-electron chi connectivity index (χ2n) is 9.59. The van der Waals surface area contributed by atoms with Gasteiger partial charge in [-0.05, 0) is 73.8 Å². The zero-order chi connectivity index (χ0) is 21.6. The molecule has 31 heavy (non-hydrogen) atoms. The summed E-state index contributed by atoms with van der Waals surface area (Å²) in [5.74, 6) is 2.55. The molecule has 2 fully saturated rings. The third kappa shape index (κ3) is 3.44. The van der Waals surface area contributed by atoms with Crippen molar-refractivity contribution in [3.63, 3.8) is 0 Å². The van der Waals surface area contributed by atoms with Gasteiger partial charge < -0.3 is 20.1 Å².